The van der Waals surface area contributed by atoms with Crippen LogP contribution in [-0.4, -0.2) is 23.0 Å². The zero-order valence-electron chi connectivity index (χ0n) is 11.2. The second-order valence-corrected chi connectivity index (χ2v) is 5.83. The number of carbonyl (C=O) groups excluding carboxylic acids is 1. The van der Waals surface area contributed by atoms with Crippen molar-refractivity contribution in [2.45, 2.75) is 32.7 Å². The molecule has 0 saturated heterocycles. The molecule has 19 heavy (non-hydrogen) atoms. The van der Waals surface area contributed by atoms with Crippen LogP contribution in [0.1, 0.15) is 25.8 Å². The molecule has 1 aromatic carbocycles. The summed E-state index contributed by atoms with van der Waals surface area (Å²) >= 11 is 0. The van der Waals surface area contributed by atoms with Gasteiger partial charge in [-0.2, -0.15) is 0 Å². The number of nitrogens with one attached hydrogen (secondary N) is 1. The van der Waals surface area contributed by atoms with E-state index < -0.39 is 12.0 Å². The monoisotopic (exact) mass is 261 g/mol. The predicted molar refractivity (Wildman–Crippen MR) is 71.6 cm³/mol. The third-order valence-electron chi connectivity index (χ3n) is 3.73. The average molecular weight is 261 g/mol. The zero-order chi connectivity index (χ0) is 14.0. The van der Waals surface area contributed by atoms with Gasteiger partial charge in [-0.3, -0.25) is 4.79 Å². The molecule has 0 aliphatic heterocycles. The Labute approximate surface area is 112 Å². The number of amides is 1. The van der Waals surface area contributed by atoms with Gasteiger partial charge in [-0.05, 0) is 17.4 Å². The summed E-state index contributed by atoms with van der Waals surface area (Å²) in [5, 5.41) is 11.8. The molecular weight excluding hydrogens is 242 g/mol. The third-order valence-corrected chi connectivity index (χ3v) is 3.73. The van der Waals surface area contributed by atoms with Gasteiger partial charge in [0.1, 0.15) is 6.04 Å². The quantitative estimate of drug-likeness (QED) is 0.850. The van der Waals surface area contributed by atoms with Crippen LogP contribution in [0.25, 0.3) is 0 Å². The maximum Gasteiger partial charge on any atom is 0.326 e. The van der Waals surface area contributed by atoms with Gasteiger partial charge in [0.2, 0.25) is 5.91 Å². The first kappa shape index (κ1) is 13.6. The minimum Gasteiger partial charge on any atom is -0.480 e. The first-order chi connectivity index (χ1) is 8.90. The molecule has 1 aromatic rings. The molecule has 0 radical (unpaired) electrons. The van der Waals surface area contributed by atoms with Crippen LogP contribution in [0.2, 0.25) is 0 Å². The van der Waals surface area contributed by atoms with E-state index in [-0.39, 0.29) is 17.2 Å². The van der Waals surface area contributed by atoms with Crippen molar-refractivity contribution < 1.29 is 14.7 Å². The number of hydrogen-bond acceptors (Lipinski definition) is 2. The van der Waals surface area contributed by atoms with Crippen molar-refractivity contribution >= 4 is 11.9 Å². The number of hydrogen-bond donors (Lipinski definition) is 2. The highest BCUT2D eigenvalue weighted by Gasteiger charge is 2.51. The van der Waals surface area contributed by atoms with E-state index >= 15 is 0 Å². The summed E-state index contributed by atoms with van der Waals surface area (Å²) < 4.78 is 0. The van der Waals surface area contributed by atoms with Crippen LogP contribution in [0.5, 0.6) is 0 Å². The van der Waals surface area contributed by atoms with Gasteiger partial charge in [0.15, 0.2) is 0 Å². The van der Waals surface area contributed by atoms with Crippen molar-refractivity contribution in [1.82, 2.24) is 5.32 Å². The Kier molecular flexibility index (Phi) is 3.60. The summed E-state index contributed by atoms with van der Waals surface area (Å²) in [7, 11) is 0. The standard InChI is InChI=1S/C15H19NO3/c1-15(2)9-11(15)13(17)16-12(14(18)19)8-10-6-4-3-5-7-10/h3-7,11-12H,8-9H2,1-2H3,(H,16,17)(H,18,19). The van der Waals surface area contributed by atoms with Gasteiger partial charge in [-0.25, -0.2) is 4.79 Å². The van der Waals surface area contributed by atoms with Crippen LogP contribution < -0.4 is 5.32 Å². The van der Waals surface area contributed by atoms with E-state index in [1.54, 1.807) is 0 Å². The fourth-order valence-corrected chi connectivity index (χ4v) is 2.24. The second-order valence-electron chi connectivity index (χ2n) is 5.83. The largest absolute Gasteiger partial charge is 0.480 e. The molecule has 4 nitrogen and oxygen atoms in total. The predicted octanol–water partition coefficient (Wildman–Crippen LogP) is 1.84. The van der Waals surface area contributed by atoms with Gasteiger partial charge in [0, 0.05) is 12.3 Å². The lowest BCUT2D eigenvalue weighted by atomic mass is 10.0. The number of carboxylic acid groups (broad SMARTS) is 1. The maximum atomic E-state index is 12.0. The van der Waals surface area contributed by atoms with E-state index in [9.17, 15) is 14.7 Å². The molecule has 0 heterocycles. The highest BCUT2D eigenvalue weighted by Crippen LogP contribution is 2.51. The van der Waals surface area contributed by atoms with Crippen molar-refractivity contribution in [1.29, 1.82) is 0 Å². The number of benzene rings is 1. The molecule has 1 saturated carbocycles. The number of carbonyl (C=O) groups is 2. The molecule has 0 bridgehead atoms. The van der Waals surface area contributed by atoms with Crippen LogP contribution in [0, 0.1) is 11.3 Å². The van der Waals surface area contributed by atoms with Crippen molar-refractivity contribution in [2.24, 2.45) is 11.3 Å². The Morgan fingerprint density at radius 1 is 1.37 bits per heavy atom. The van der Waals surface area contributed by atoms with E-state index in [1.165, 1.54) is 0 Å². The van der Waals surface area contributed by atoms with E-state index in [0.717, 1.165) is 12.0 Å². The Balaban J connectivity index is 1.98. The van der Waals surface area contributed by atoms with Crippen LogP contribution >= 0.6 is 0 Å². The van der Waals surface area contributed by atoms with Crippen LogP contribution in [0.3, 0.4) is 0 Å². The van der Waals surface area contributed by atoms with Crippen LogP contribution in [0.15, 0.2) is 30.3 Å². The molecule has 1 amide bonds. The van der Waals surface area contributed by atoms with Crippen LogP contribution in [-0.2, 0) is 16.0 Å². The number of carboxylic acids is 1. The number of rotatable bonds is 5. The van der Waals surface area contributed by atoms with E-state index in [2.05, 4.69) is 5.32 Å². The lowest BCUT2D eigenvalue weighted by Gasteiger charge is -2.15. The Bertz CT molecular complexity index is 481. The topological polar surface area (TPSA) is 66.4 Å². The summed E-state index contributed by atoms with van der Waals surface area (Å²) in [6, 6.07) is 8.48. The Morgan fingerprint density at radius 2 is 1.95 bits per heavy atom. The van der Waals surface area contributed by atoms with Crippen molar-refractivity contribution in [3.8, 4) is 0 Å². The van der Waals surface area contributed by atoms with Crippen LogP contribution in [0.4, 0.5) is 0 Å². The molecule has 2 N–H and O–H groups in total. The Hall–Kier alpha value is -1.84. The highest BCUT2D eigenvalue weighted by atomic mass is 16.4. The SMILES string of the molecule is CC1(C)CC1C(=O)NC(Cc1ccccc1)C(=O)O. The summed E-state index contributed by atoms with van der Waals surface area (Å²) in [5.74, 6) is -1.19. The van der Waals surface area contributed by atoms with Gasteiger partial charge in [0.05, 0.1) is 0 Å². The molecule has 4 heteroatoms. The van der Waals surface area contributed by atoms with Gasteiger partial charge in [-0.15, -0.1) is 0 Å². The first-order valence-electron chi connectivity index (χ1n) is 6.47. The molecule has 1 aliphatic carbocycles. The van der Waals surface area contributed by atoms with Gasteiger partial charge in [-0.1, -0.05) is 44.2 Å². The lowest BCUT2D eigenvalue weighted by Crippen LogP contribution is -2.43. The van der Waals surface area contributed by atoms with Crippen molar-refractivity contribution in [3.05, 3.63) is 35.9 Å². The second kappa shape index (κ2) is 5.03. The van der Waals surface area contributed by atoms with E-state index in [4.69, 9.17) is 0 Å². The molecule has 2 rings (SSSR count). The summed E-state index contributed by atoms with van der Waals surface area (Å²) in [4.78, 5) is 23.2. The summed E-state index contributed by atoms with van der Waals surface area (Å²) in [6.45, 7) is 4.04. The van der Waals surface area contributed by atoms with Gasteiger partial charge < -0.3 is 10.4 Å². The maximum absolute atomic E-state index is 12.0. The minimum atomic E-state index is -0.990. The summed E-state index contributed by atoms with van der Waals surface area (Å²) in [5.41, 5.74) is 0.921. The van der Waals surface area contributed by atoms with E-state index in [1.807, 2.05) is 44.2 Å². The van der Waals surface area contributed by atoms with Gasteiger partial charge in [0.25, 0.3) is 0 Å². The fraction of sp³-hybridized carbons (Fsp3) is 0.467. The molecule has 1 fully saturated rings. The molecule has 1 aliphatic rings. The van der Waals surface area contributed by atoms with Crippen molar-refractivity contribution in [2.75, 3.05) is 0 Å². The normalized spacial score (nSPS) is 21.5. The molecule has 102 valence electrons. The fourth-order valence-electron chi connectivity index (χ4n) is 2.24. The first-order valence-corrected chi connectivity index (χ1v) is 6.47. The summed E-state index contributed by atoms with van der Waals surface area (Å²) in [6.07, 6.45) is 1.14. The molecular formula is C15H19NO3. The molecule has 2 unspecified atom stereocenters. The van der Waals surface area contributed by atoms with E-state index in [0.29, 0.717) is 6.42 Å². The number of aliphatic carboxylic acids is 1. The molecule has 2 atom stereocenters. The minimum absolute atomic E-state index is 0.0138. The molecule has 0 spiro atoms. The smallest absolute Gasteiger partial charge is 0.326 e. The Morgan fingerprint density at radius 3 is 2.42 bits per heavy atom. The lowest BCUT2D eigenvalue weighted by molar-refractivity contribution is -0.142. The van der Waals surface area contributed by atoms with Gasteiger partial charge >= 0.3 is 5.97 Å². The molecule has 0 aromatic heterocycles. The zero-order valence-corrected chi connectivity index (χ0v) is 11.2. The average Bonchev–Trinajstić information content (AvgIpc) is 2.99. The van der Waals surface area contributed by atoms with Crippen molar-refractivity contribution in [3.63, 3.8) is 0 Å². The third kappa shape index (κ3) is 3.34. The highest BCUT2D eigenvalue weighted by molar-refractivity contribution is 5.87.